The first-order chi connectivity index (χ1) is 15.2. The lowest BCUT2D eigenvalue weighted by molar-refractivity contribution is -0.133. The second-order valence-corrected chi connectivity index (χ2v) is 7.58. The van der Waals surface area contributed by atoms with Crippen LogP contribution in [0, 0.1) is 0 Å². The number of amides is 2. The molecule has 1 saturated heterocycles. The quantitative estimate of drug-likeness (QED) is 0.674. The molecule has 6 nitrogen and oxygen atoms in total. The van der Waals surface area contributed by atoms with Gasteiger partial charge in [0.05, 0.1) is 0 Å². The van der Waals surface area contributed by atoms with Gasteiger partial charge >= 0.3 is 0 Å². The molecule has 3 aromatic rings. The number of hydrogen-bond donors (Lipinski definition) is 1. The van der Waals surface area contributed by atoms with E-state index in [4.69, 9.17) is 0 Å². The van der Waals surface area contributed by atoms with Gasteiger partial charge in [-0.15, -0.1) is 0 Å². The average molecular weight is 415 g/mol. The third-order valence-electron chi connectivity index (χ3n) is 5.49. The highest BCUT2D eigenvalue weighted by molar-refractivity contribution is 5.97. The van der Waals surface area contributed by atoms with Gasteiger partial charge in [0.1, 0.15) is 11.9 Å². The van der Waals surface area contributed by atoms with Gasteiger partial charge in [-0.3, -0.25) is 9.59 Å². The zero-order valence-electron chi connectivity index (χ0n) is 17.4. The molecular formula is C25H26N4O2. The number of piperazine rings is 1. The van der Waals surface area contributed by atoms with Crippen LogP contribution in [0.3, 0.4) is 0 Å². The summed E-state index contributed by atoms with van der Waals surface area (Å²) in [4.78, 5) is 34.6. The molecule has 0 bridgehead atoms. The van der Waals surface area contributed by atoms with Crippen molar-refractivity contribution in [2.75, 3.05) is 31.1 Å². The van der Waals surface area contributed by atoms with Gasteiger partial charge in [0.25, 0.3) is 5.91 Å². The van der Waals surface area contributed by atoms with Crippen LogP contribution in [0.4, 0.5) is 5.82 Å². The van der Waals surface area contributed by atoms with Crippen LogP contribution in [-0.2, 0) is 11.2 Å². The van der Waals surface area contributed by atoms with Gasteiger partial charge in [0, 0.05) is 44.4 Å². The first kappa shape index (κ1) is 20.6. The molecule has 1 aliphatic heterocycles. The highest BCUT2D eigenvalue weighted by atomic mass is 16.2. The maximum absolute atomic E-state index is 13.4. The number of rotatable bonds is 6. The number of carbonyl (C=O) groups excluding carboxylic acids is 2. The molecule has 0 spiro atoms. The molecule has 2 amide bonds. The van der Waals surface area contributed by atoms with Crippen LogP contribution >= 0.6 is 0 Å². The summed E-state index contributed by atoms with van der Waals surface area (Å²) in [5, 5.41) is 2.97. The summed E-state index contributed by atoms with van der Waals surface area (Å²) < 4.78 is 0. The molecule has 1 aromatic heterocycles. The molecule has 1 N–H and O–H groups in total. The summed E-state index contributed by atoms with van der Waals surface area (Å²) >= 11 is 0. The topological polar surface area (TPSA) is 65.5 Å². The molecule has 1 aliphatic rings. The van der Waals surface area contributed by atoms with Crippen LogP contribution < -0.4 is 10.2 Å². The van der Waals surface area contributed by atoms with Gasteiger partial charge in [0.15, 0.2) is 0 Å². The zero-order valence-corrected chi connectivity index (χ0v) is 17.4. The molecule has 2 heterocycles. The second-order valence-electron chi connectivity index (χ2n) is 7.58. The maximum Gasteiger partial charge on any atom is 0.251 e. The molecule has 0 radical (unpaired) electrons. The summed E-state index contributed by atoms with van der Waals surface area (Å²) in [6.45, 7) is 2.63. The van der Waals surface area contributed by atoms with Gasteiger partial charge in [0.2, 0.25) is 5.91 Å². The number of benzene rings is 2. The number of carbonyl (C=O) groups is 2. The number of hydrogen-bond acceptors (Lipinski definition) is 4. The van der Waals surface area contributed by atoms with E-state index in [1.165, 1.54) is 0 Å². The van der Waals surface area contributed by atoms with Crippen LogP contribution in [0.2, 0.25) is 0 Å². The molecule has 4 rings (SSSR count). The molecule has 1 atom stereocenters. The number of aromatic nitrogens is 1. The lowest BCUT2D eigenvalue weighted by Crippen LogP contribution is -2.55. The van der Waals surface area contributed by atoms with Crippen molar-refractivity contribution in [1.29, 1.82) is 0 Å². The SMILES string of the molecule is O=C(NC(Cc1ccccc1)C(=O)N1CCN(c2ccccn2)CC1)c1ccccc1. The third-order valence-corrected chi connectivity index (χ3v) is 5.49. The summed E-state index contributed by atoms with van der Waals surface area (Å²) in [5.74, 6) is 0.642. The Morgan fingerprint density at radius 3 is 2.13 bits per heavy atom. The molecule has 1 unspecified atom stereocenters. The highest BCUT2D eigenvalue weighted by Crippen LogP contribution is 2.14. The van der Waals surface area contributed by atoms with Crippen molar-refractivity contribution < 1.29 is 9.59 Å². The van der Waals surface area contributed by atoms with Gasteiger partial charge in [-0.25, -0.2) is 4.98 Å². The van der Waals surface area contributed by atoms with Gasteiger partial charge in [-0.2, -0.15) is 0 Å². The van der Waals surface area contributed by atoms with E-state index in [9.17, 15) is 9.59 Å². The smallest absolute Gasteiger partial charge is 0.251 e. The Morgan fingerprint density at radius 1 is 0.839 bits per heavy atom. The minimum Gasteiger partial charge on any atom is -0.353 e. The molecule has 0 saturated carbocycles. The minimum absolute atomic E-state index is 0.0474. The Kier molecular flexibility index (Phi) is 6.57. The fourth-order valence-electron chi connectivity index (χ4n) is 3.80. The molecule has 0 aliphatic carbocycles. The Morgan fingerprint density at radius 2 is 1.48 bits per heavy atom. The summed E-state index contributed by atoms with van der Waals surface area (Å²) in [7, 11) is 0. The van der Waals surface area contributed by atoms with Crippen molar-refractivity contribution in [1.82, 2.24) is 15.2 Å². The standard InChI is InChI=1S/C25H26N4O2/c30-24(21-11-5-2-6-12-21)27-22(19-20-9-3-1-4-10-20)25(31)29-17-15-28(16-18-29)23-13-7-8-14-26-23/h1-14,22H,15-19H2,(H,27,30). The molecular weight excluding hydrogens is 388 g/mol. The largest absolute Gasteiger partial charge is 0.353 e. The number of nitrogens with zero attached hydrogens (tertiary/aromatic N) is 3. The first-order valence-corrected chi connectivity index (χ1v) is 10.6. The van der Waals surface area contributed by atoms with E-state index in [0.29, 0.717) is 38.2 Å². The zero-order chi connectivity index (χ0) is 21.5. The molecule has 6 heteroatoms. The van der Waals surface area contributed by atoms with E-state index in [1.807, 2.05) is 71.6 Å². The Labute approximate surface area is 182 Å². The summed E-state index contributed by atoms with van der Waals surface area (Å²) in [5.41, 5.74) is 1.56. The average Bonchev–Trinajstić information content (AvgIpc) is 2.85. The van der Waals surface area contributed by atoms with E-state index >= 15 is 0 Å². The van der Waals surface area contributed by atoms with E-state index in [2.05, 4.69) is 15.2 Å². The van der Waals surface area contributed by atoms with Crippen LogP contribution in [0.5, 0.6) is 0 Å². The van der Waals surface area contributed by atoms with Crippen LogP contribution in [0.25, 0.3) is 0 Å². The van der Waals surface area contributed by atoms with Crippen molar-refractivity contribution in [2.45, 2.75) is 12.5 Å². The molecule has 158 valence electrons. The maximum atomic E-state index is 13.4. The lowest BCUT2D eigenvalue weighted by atomic mass is 10.0. The summed E-state index contributed by atoms with van der Waals surface area (Å²) in [6, 6.07) is 24.0. The van der Waals surface area contributed by atoms with Crippen molar-refractivity contribution in [3.8, 4) is 0 Å². The Hall–Kier alpha value is -3.67. The monoisotopic (exact) mass is 414 g/mol. The van der Waals surface area contributed by atoms with Gasteiger partial charge < -0.3 is 15.1 Å². The van der Waals surface area contributed by atoms with Crippen LogP contribution in [-0.4, -0.2) is 53.9 Å². The van der Waals surface area contributed by atoms with E-state index in [1.54, 1.807) is 18.3 Å². The minimum atomic E-state index is -0.614. The molecule has 1 fully saturated rings. The fraction of sp³-hybridized carbons (Fsp3) is 0.240. The predicted octanol–water partition coefficient (Wildman–Crippen LogP) is 2.77. The van der Waals surface area contributed by atoms with E-state index in [0.717, 1.165) is 11.4 Å². The van der Waals surface area contributed by atoms with Crippen LogP contribution in [0.15, 0.2) is 85.1 Å². The number of pyridine rings is 1. The second kappa shape index (κ2) is 9.89. The van der Waals surface area contributed by atoms with E-state index in [-0.39, 0.29) is 11.8 Å². The van der Waals surface area contributed by atoms with Crippen molar-refractivity contribution in [3.05, 3.63) is 96.2 Å². The number of anilines is 1. The molecule has 31 heavy (non-hydrogen) atoms. The first-order valence-electron chi connectivity index (χ1n) is 10.6. The molecule has 2 aromatic carbocycles. The van der Waals surface area contributed by atoms with Crippen LogP contribution in [0.1, 0.15) is 15.9 Å². The van der Waals surface area contributed by atoms with Crippen molar-refractivity contribution in [2.24, 2.45) is 0 Å². The van der Waals surface area contributed by atoms with Crippen molar-refractivity contribution in [3.63, 3.8) is 0 Å². The van der Waals surface area contributed by atoms with Crippen molar-refractivity contribution >= 4 is 17.6 Å². The normalized spacial score (nSPS) is 14.7. The predicted molar refractivity (Wildman–Crippen MR) is 121 cm³/mol. The number of nitrogens with one attached hydrogen (secondary N) is 1. The van der Waals surface area contributed by atoms with Gasteiger partial charge in [-0.1, -0.05) is 54.6 Å². The van der Waals surface area contributed by atoms with Gasteiger partial charge in [-0.05, 0) is 29.8 Å². The van der Waals surface area contributed by atoms with E-state index < -0.39 is 6.04 Å². The fourth-order valence-corrected chi connectivity index (χ4v) is 3.80. The lowest BCUT2D eigenvalue weighted by Gasteiger charge is -2.37. The Balaban J connectivity index is 1.45. The summed E-state index contributed by atoms with van der Waals surface area (Å²) in [6.07, 6.45) is 2.24. The third kappa shape index (κ3) is 5.28. The Bertz CT molecular complexity index is 988. The highest BCUT2D eigenvalue weighted by Gasteiger charge is 2.29.